The summed E-state index contributed by atoms with van der Waals surface area (Å²) in [5.74, 6) is -0.772. The molecule has 1 aliphatic carbocycles. The molecule has 0 radical (unpaired) electrons. The van der Waals surface area contributed by atoms with Gasteiger partial charge in [-0.05, 0) is 42.9 Å². The third-order valence-electron chi connectivity index (χ3n) is 3.57. The van der Waals surface area contributed by atoms with Crippen LogP contribution in [0.15, 0.2) is 18.2 Å². The number of nitrogens with one attached hydrogen (secondary N) is 1. The number of rotatable bonds is 2. The zero-order valence-electron chi connectivity index (χ0n) is 10.8. The van der Waals surface area contributed by atoms with Gasteiger partial charge < -0.3 is 11.1 Å². The van der Waals surface area contributed by atoms with Gasteiger partial charge in [0.2, 0.25) is 0 Å². The lowest BCUT2D eigenvalue weighted by molar-refractivity contribution is 0.0935. The molecule has 0 spiro atoms. The molecule has 0 heterocycles. The van der Waals surface area contributed by atoms with E-state index < -0.39 is 5.82 Å². The van der Waals surface area contributed by atoms with Crippen LogP contribution in [-0.4, -0.2) is 11.9 Å². The summed E-state index contributed by atoms with van der Waals surface area (Å²) in [6.45, 7) is 4.39. The molecule has 2 rings (SSSR count). The van der Waals surface area contributed by atoms with Crippen molar-refractivity contribution in [2.75, 3.05) is 5.73 Å². The fourth-order valence-corrected chi connectivity index (χ4v) is 2.50. The van der Waals surface area contributed by atoms with Gasteiger partial charge in [0.25, 0.3) is 5.91 Å². The number of carbonyl (C=O) groups excluding carboxylic acids is 1. The normalized spacial score (nSPS) is 21.8. The molecule has 1 aliphatic rings. The summed E-state index contributed by atoms with van der Waals surface area (Å²) in [6, 6.07) is 4.34. The molecule has 3 N–H and O–H groups in total. The van der Waals surface area contributed by atoms with Crippen molar-refractivity contribution in [1.29, 1.82) is 0 Å². The lowest BCUT2D eigenvalue weighted by Crippen LogP contribution is -2.33. The van der Waals surface area contributed by atoms with E-state index in [1.165, 1.54) is 12.1 Å². The molecule has 98 valence electrons. The number of nitrogens with two attached hydrogens (primary N) is 1. The largest absolute Gasteiger partial charge is 0.396 e. The topological polar surface area (TPSA) is 55.1 Å². The molecule has 3 nitrogen and oxygen atoms in total. The van der Waals surface area contributed by atoms with Gasteiger partial charge in [-0.3, -0.25) is 4.79 Å². The zero-order valence-corrected chi connectivity index (χ0v) is 10.8. The van der Waals surface area contributed by atoms with E-state index in [-0.39, 0.29) is 23.1 Å². The van der Waals surface area contributed by atoms with Crippen LogP contribution in [0.1, 0.15) is 43.5 Å². The van der Waals surface area contributed by atoms with Crippen molar-refractivity contribution < 1.29 is 9.18 Å². The molecule has 0 aromatic heterocycles. The molecule has 18 heavy (non-hydrogen) atoms. The first-order valence-electron chi connectivity index (χ1n) is 6.23. The van der Waals surface area contributed by atoms with Crippen molar-refractivity contribution in [1.82, 2.24) is 5.32 Å². The Morgan fingerprint density at radius 1 is 1.50 bits per heavy atom. The second kappa shape index (κ2) is 4.59. The van der Waals surface area contributed by atoms with Crippen LogP contribution in [0.4, 0.5) is 10.1 Å². The summed E-state index contributed by atoms with van der Waals surface area (Å²) in [7, 11) is 0. The molecule has 1 atom stereocenters. The lowest BCUT2D eigenvalue weighted by atomic mass is 9.92. The number of hydrogen-bond acceptors (Lipinski definition) is 2. The van der Waals surface area contributed by atoms with Crippen LogP contribution in [0.3, 0.4) is 0 Å². The summed E-state index contributed by atoms with van der Waals surface area (Å²) >= 11 is 0. The van der Waals surface area contributed by atoms with E-state index in [0.29, 0.717) is 5.56 Å². The van der Waals surface area contributed by atoms with Crippen LogP contribution >= 0.6 is 0 Å². The Bertz CT molecular complexity index is 471. The maximum atomic E-state index is 13.3. The Labute approximate surface area is 107 Å². The van der Waals surface area contributed by atoms with Crippen molar-refractivity contribution >= 4 is 11.6 Å². The highest BCUT2D eigenvalue weighted by atomic mass is 19.1. The van der Waals surface area contributed by atoms with E-state index in [9.17, 15) is 9.18 Å². The first kappa shape index (κ1) is 12.9. The number of anilines is 1. The summed E-state index contributed by atoms with van der Waals surface area (Å²) in [6.07, 6.45) is 3.06. The highest BCUT2D eigenvalue weighted by Gasteiger charge is 2.31. The number of amides is 1. The highest BCUT2D eigenvalue weighted by Crippen LogP contribution is 2.36. The first-order valence-corrected chi connectivity index (χ1v) is 6.23. The smallest absolute Gasteiger partial charge is 0.251 e. The summed E-state index contributed by atoms with van der Waals surface area (Å²) < 4.78 is 13.3. The van der Waals surface area contributed by atoms with Gasteiger partial charge in [-0.15, -0.1) is 0 Å². The molecule has 0 aliphatic heterocycles. The van der Waals surface area contributed by atoms with Gasteiger partial charge in [0.1, 0.15) is 5.82 Å². The molecule has 1 aromatic rings. The quantitative estimate of drug-likeness (QED) is 0.793. The first-order chi connectivity index (χ1) is 8.37. The number of carbonyl (C=O) groups is 1. The fraction of sp³-hybridized carbons (Fsp3) is 0.500. The minimum Gasteiger partial charge on any atom is -0.396 e. The Morgan fingerprint density at radius 2 is 2.22 bits per heavy atom. The zero-order chi connectivity index (χ0) is 13.3. The van der Waals surface area contributed by atoms with Crippen LogP contribution in [-0.2, 0) is 0 Å². The van der Waals surface area contributed by atoms with Gasteiger partial charge in [-0.25, -0.2) is 4.39 Å². The van der Waals surface area contributed by atoms with Gasteiger partial charge in [-0.1, -0.05) is 13.8 Å². The van der Waals surface area contributed by atoms with Crippen molar-refractivity contribution in [3.63, 3.8) is 0 Å². The van der Waals surface area contributed by atoms with Crippen LogP contribution in [0, 0.1) is 11.2 Å². The second-order valence-corrected chi connectivity index (χ2v) is 5.81. The van der Waals surface area contributed by atoms with Crippen molar-refractivity contribution in [2.24, 2.45) is 5.41 Å². The predicted octanol–water partition coefficient (Wildman–Crippen LogP) is 2.72. The summed E-state index contributed by atoms with van der Waals surface area (Å²) in [4.78, 5) is 12.0. The van der Waals surface area contributed by atoms with E-state index in [1.54, 1.807) is 6.07 Å². The van der Waals surface area contributed by atoms with E-state index in [4.69, 9.17) is 5.73 Å². The Balaban J connectivity index is 2.02. The second-order valence-electron chi connectivity index (χ2n) is 5.81. The van der Waals surface area contributed by atoms with Crippen LogP contribution in [0.5, 0.6) is 0 Å². The molecule has 1 fully saturated rings. The van der Waals surface area contributed by atoms with E-state index in [0.717, 1.165) is 19.3 Å². The number of halogens is 1. The predicted molar refractivity (Wildman–Crippen MR) is 69.7 cm³/mol. The van der Waals surface area contributed by atoms with Gasteiger partial charge in [0.15, 0.2) is 0 Å². The minimum absolute atomic E-state index is 0.0635. The maximum absolute atomic E-state index is 13.3. The third kappa shape index (κ3) is 2.81. The highest BCUT2D eigenvalue weighted by molar-refractivity contribution is 5.94. The molecule has 1 amide bonds. The number of benzene rings is 1. The average Bonchev–Trinajstić information content (AvgIpc) is 2.62. The lowest BCUT2D eigenvalue weighted by Gasteiger charge is -2.17. The Hall–Kier alpha value is -1.58. The van der Waals surface area contributed by atoms with Gasteiger partial charge in [0, 0.05) is 11.6 Å². The SMILES string of the molecule is CC1(C)CCC(NC(=O)c2ccc(N)c(F)c2)C1. The van der Waals surface area contributed by atoms with E-state index in [2.05, 4.69) is 19.2 Å². The van der Waals surface area contributed by atoms with E-state index >= 15 is 0 Å². The number of nitrogen functional groups attached to an aromatic ring is 1. The molecule has 1 aromatic carbocycles. The van der Waals surface area contributed by atoms with Crippen LogP contribution in [0.25, 0.3) is 0 Å². The molecule has 0 saturated heterocycles. The van der Waals surface area contributed by atoms with Gasteiger partial charge in [-0.2, -0.15) is 0 Å². The molecular weight excluding hydrogens is 231 g/mol. The number of hydrogen-bond donors (Lipinski definition) is 2. The maximum Gasteiger partial charge on any atom is 0.251 e. The van der Waals surface area contributed by atoms with Crippen LogP contribution in [0.2, 0.25) is 0 Å². The van der Waals surface area contributed by atoms with Gasteiger partial charge in [0.05, 0.1) is 5.69 Å². The summed E-state index contributed by atoms with van der Waals surface area (Å²) in [5, 5.41) is 2.95. The molecule has 4 heteroatoms. The minimum atomic E-state index is -0.547. The van der Waals surface area contributed by atoms with Crippen molar-refractivity contribution in [3.8, 4) is 0 Å². The van der Waals surface area contributed by atoms with E-state index in [1.807, 2.05) is 0 Å². The Kier molecular flexibility index (Phi) is 3.28. The fourth-order valence-electron chi connectivity index (χ4n) is 2.50. The summed E-state index contributed by atoms with van der Waals surface area (Å²) in [5.41, 5.74) is 6.05. The van der Waals surface area contributed by atoms with Gasteiger partial charge >= 0.3 is 0 Å². The Morgan fingerprint density at radius 3 is 2.78 bits per heavy atom. The van der Waals surface area contributed by atoms with Crippen molar-refractivity contribution in [3.05, 3.63) is 29.6 Å². The van der Waals surface area contributed by atoms with Crippen molar-refractivity contribution in [2.45, 2.75) is 39.2 Å². The van der Waals surface area contributed by atoms with Crippen LogP contribution < -0.4 is 11.1 Å². The molecule has 1 unspecified atom stereocenters. The molecule has 0 bridgehead atoms. The third-order valence-corrected chi connectivity index (χ3v) is 3.57. The average molecular weight is 250 g/mol. The molecule has 1 saturated carbocycles. The molecular formula is C14H19FN2O. The monoisotopic (exact) mass is 250 g/mol. The standard InChI is InChI=1S/C14H19FN2O/c1-14(2)6-5-10(8-14)17-13(18)9-3-4-12(16)11(15)7-9/h3-4,7,10H,5-6,8,16H2,1-2H3,(H,17,18).